The van der Waals surface area contributed by atoms with Crippen molar-refractivity contribution in [3.63, 3.8) is 0 Å². The Morgan fingerprint density at radius 1 is 1.13 bits per heavy atom. The normalized spacial score (nSPS) is 17.4. The van der Waals surface area contributed by atoms with Crippen LogP contribution in [-0.2, 0) is 12.4 Å². The number of β-amino-alcohol motifs (C(OH)–C–C–N with tert-alkyl or cyclic N) is 1. The molecular formula is C22H23N5OS3. The largest absolute Gasteiger partial charge is 0.392 e. The summed E-state index contributed by atoms with van der Waals surface area (Å²) in [4.78, 5) is 6.96. The highest BCUT2D eigenvalue weighted by atomic mass is 32.2. The number of thiazole rings is 1. The summed E-state index contributed by atoms with van der Waals surface area (Å²) < 4.78 is 6.83. The van der Waals surface area contributed by atoms with E-state index in [1.54, 1.807) is 23.1 Å². The van der Waals surface area contributed by atoms with Crippen molar-refractivity contribution in [2.45, 2.75) is 35.7 Å². The zero-order valence-electron chi connectivity index (χ0n) is 16.9. The van der Waals surface area contributed by atoms with Gasteiger partial charge in [-0.2, -0.15) is 5.10 Å². The molecule has 0 spiro atoms. The number of aliphatic hydroxyl groups is 1. The van der Waals surface area contributed by atoms with Gasteiger partial charge in [0, 0.05) is 18.8 Å². The number of aromatic nitrogens is 4. The first-order valence-electron chi connectivity index (χ1n) is 10.3. The molecular weight excluding hydrogens is 446 g/mol. The fraction of sp³-hybridized carbons (Fsp3) is 0.318. The number of thioether (sulfide) groups is 1. The number of rotatable bonds is 6. The molecule has 1 fully saturated rings. The SMILES string of the molecule is O[C@H]1CCCN(Cn2nc(CSc3nc4ccccc4s3)n(-c3ccccc3)c2=S)C1. The summed E-state index contributed by atoms with van der Waals surface area (Å²) in [5.74, 6) is 1.58. The topological polar surface area (TPSA) is 59.1 Å². The molecule has 3 heterocycles. The average molecular weight is 470 g/mol. The van der Waals surface area contributed by atoms with E-state index in [1.165, 1.54) is 4.70 Å². The minimum Gasteiger partial charge on any atom is -0.392 e. The molecule has 160 valence electrons. The highest BCUT2D eigenvalue weighted by Gasteiger charge is 2.20. The summed E-state index contributed by atoms with van der Waals surface area (Å²) in [6.07, 6.45) is 1.59. The molecule has 0 saturated carbocycles. The molecule has 0 bridgehead atoms. The Morgan fingerprint density at radius 3 is 2.74 bits per heavy atom. The fourth-order valence-corrected chi connectivity index (χ4v) is 6.15. The van der Waals surface area contributed by atoms with Crippen LogP contribution in [0, 0.1) is 4.77 Å². The van der Waals surface area contributed by atoms with Crippen molar-refractivity contribution >= 4 is 45.5 Å². The van der Waals surface area contributed by atoms with Crippen molar-refractivity contribution in [3.8, 4) is 5.69 Å². The molecule has 1 saturated heterocycles. The monoisotopic (exact) mass is 469 g/mol. The van der Waals surface area contributed by atoms with Crippen LogP contribution in [0.5, 0.6) is 0 Å². The molecule has 31 heavy (non-hydrogen) atoms. The molecule has 1 aliphatic rings. The van der Waals surface area contributed by atoms with Crippen molar-refractivity contribution in [1.82, 2.24) is 24.2 Å². The van der Waals surface area contributed by atoms with E-state index in [0.717, 1.165) is 40.8 Å². The first-order valence-corrected chi connectivity index (χ1v) is 12.5. The lowest BCUT2D eigenvalue weighted by Gasteiger charge is -2.29. The molecule has 0 amide bonds. The molecule has 4 aromatic rings. The number of para-hydroxylation sites is 2. The van der Waals surface area contributed by atoms with Gasteiger partial charge >= 0.3 is 0 Å². The molecule has 0 radical (unpaired) electrons. The molecule has 0 aliphatic carbocycles. The van der Waals surface area contributed by atoms with Crippen molar-refractivity contribution in [2.24, 2.45) is 0 Å². The molecule has 5 rings (SSSR count). The molecule has 1 N–H and O–H groups in total. The van der Waals surface area contributed by atoms with Crippen LogP contribution in [0.15, 0.2) is 58.9 Å². The molecule has 2 aromatic heterocycles. The van der Waals surface area contributed by atoms with Gasteiger partial charge in [0.2, 0.25) is 4.77 Å². The Bertz CT molecular complexity index is 1200. The van der Waals surface area contributed by atoms with Crippen LogP contribution < -0.4 is 0 Å². The second-order valence-electron chi connectivity index (χ2n) is 7.62. The van der Waals surface area contributed by atoms with Gasteiger partial charge in [0.25, 0.3) is 0 Å². The average Bonchev–Trinajstić information content (AvgIpc) is 3.33. The fourth-order valence-electron chi connectivity index (χ4n) is 3.86. The van der Waals surface area contributed by atoms with Gasteiger partial charge < -0.3 is 5.11 Å². The lowest BCUT2D eigenvalue weighted by atomic mass is 10.1. The van der Waals surface area contributed by atoms with Gasteiger partial charge in [0.1, 0.15) is 5.82 Å². The number of fused-ring (bicyclic) bond motifs is 1. The van der Waals surface area contributed by atoms with Gasteiger partial charge in [-0.15, -0.1) is 11.3 Å². The Kier molecular flexibility index (Phi) is 6.20. The van der Waals surface area contributed by atoms with Gasteiger partial charge in [-0.1, -0.05) is 42.1 Å². The quantitative estimate of drug-likeness (QED) is 0.326. The number of hydrogen-bond donors (Lipinski definition) is 1. The number of aliphatic hydroxyl groups excluding tert-OH is 1. The van der Waals surface area contributed by atoms with E-state index in [-0.39, 0.29) is 6.10 Å². The maximum Gasteiger partial charge on any atom is 0.203 e. The van der Waals surface area contributed by atoms with Gasteiger partial charge in [-0.3, -0.25) is 9.47 Å². The third-order valence-electron chi connectivity index (χ3n) is 5.33. The van der Waals surface area contributed by atoms with Crippen molar-refractivity contribution in [2.75, 3.05) is 13.1 Å². The first kappa shape index (κ1) is 20.8. The number of piperidine rings is 1. The van der Waals surface area contributed by atoms with E-state index < -0.39 is 0 Å². The summed E-state index contributed by atoms with van der Waals surface area (Å²) in [6, 6.07) is 18.3. The van der Waals surface area contributed by atoms with Crippen molar-refractivity contribution < 1.29 is 5.11 Å². The number of nitrogens with zero attached hydrogens (tertiary/aromatic N) is 5. The Balaban J connectivity index is 1.43. The summed E-state index contributed by atoms with van der Waals surface area (Å²) in [5.41, 5.74) is 2.04. The summed E-state index contributed by atoms with van der Waals surface area (Å²) in [6.45, 7) is 2.21. The van der Waals surface area contributed by atoms with Crippen molar-refractivity contribution in [3.05, 3.63) is 65.2 Å². The Hall–Kier alpha value is -2.04. The van der Waals surface area contributed by atoms with Gasteiger partial charge in [0.15, 0.2) is 4.34 Å². The molecule has 0 unspecified atom stereocenters. The van der Waals surface area contributed by atoms with Crippen LogP contribution in [0.2, 0.25) is 0 Å². The molecule has 6 nitrogen and oxygen atoms in total. The van der Waals surface area contributed by atoms with E-state index >= 15 is 0 Å². The number of likely N-dealkylation sites (tertiary alicyclic amines) is 1. The third-order valence-corrected chi connectivity index (χ3v) is 7.90. The van der Waals surface area contributed by atoms with Gasteiger partial charge in [-0.25, -0.2) is 9.67 Å². The lowest BCUT2D eigenvalue weighted by Crippen LogP contribution is -2.39. The highest BCUT2D eigenvalue weighted by Crippen LogP contribution is 2.31. The van der Waals surface area contributed by atoms with Crippen LogP contribution >= 0.6 is 35.3 Å². The lowest BCUT2D eigenvalue weighted by molar-refractivity contribution is 0.0512. The molecule has 1 aliphatic heterocycles. The highest BCUT2D eigenvalue weighted by molar-refractivity contribution is 8.00. The first-order chi connectivity index (χ1) is 15.2. The molecule has 2 aromatic carbocycles. The summed E-state index contributed by atoms with van der Waals surface area (Å²) in [5, 5.41) is 14.9. The van der Waals surface area contributed by atoms with Crippen LogP contribution in [0.4, 0.5) is 0 Å². The molecule has 9 heteroatoms. The zero-order valence-corrected chi connectivity index (χ0v) is 19.4. The Morgan fingerprint density at radius 2 is 1.94 bits per heavy atom. The summed E-state index contributed by atoms with van der Waals surface area (Å²) >= 11 is 9.22. The second kappa shape index (κ2) is 9.22. The molecule has 1 atom stereocenters. The van der Waals surface area contributed by atoms with Crippen LogP contribution in [0.1, 0.15) is 18.7 Å². The minimum absolute atomic E-state index is 0.270. The zero-order chi connectivity index (χ0) is 21.2. The van der Waals surface area contributed by atoms with E-state index in [1.807, 2.05) is 41.1 Å². The van der Waals surface area contributed by atoms with Crippen molar-refractivity contribution in [1.29, 1.82) is 0 Å². The third kappa shape index (κ3) is 4.61. The predicted molar refractivity (Wildman–Crippen MR) is 128 cm³/mol. The maximum absolute atomic E-state index is 10.0. The van der Waals surface area contributed by atoms with E-state index in [2.05, 4.69) is 27.7 Å². The maximum atomic E-state index is 10.0. The standard InChI is InChI=1S/C22H23N5OS3/c28-17-9-6-12-25(13-17)15-26-22(29)27(16-7-2-1-3-8-16)20(24-26)14-30-21-23-18-10-4-5-11-19(18)31-21/h1-5,7-8,10-11,17,28H,6,9,12-15H2/t17-/m0/s1. The minimum atomic E-state index is -0.270. The van der Waals surface area contributed by atoms with Crippen LogP contribution in [0.25, 0.3) is 15.9 Å². The summed E-state index contributed by atoms with van der Waals surface area (Å²) in [7, 11) is 0. The van der Waals surface area contributed by atoms with E-state index in [0.29, 0.717) is 23.7 Å². The smallest absolute Gasteiger partial charge is 0.203 e. The van der Waals surface area contributed by atoms with Crippen LogP contribution in [-0.4, -0.2) is 48.5 Å². The van der Waals surface area contributed by atoms with E-state index in [4.69, 9.17) is 22.3 Å². The van der Waals surface area contributed by atoms with Gasteiger partial charge in [0.05, 0.1) is 28.7 Å². The second-order valence-corrected chi connectivity index (χ2v) is 10.2. The predicted octanol–water partition coefficient (Wildman–Crippen LogP) is 4.72. The number of benzene rings is 2. The van der Waals surface area contributed by atoms with Gasteiger partial charge in [-0.05, 0) is 49.3 Å². The number of hydrogen-bond acceptors (Lipinski definition) is 7. The Labute approximate surface area is 194 Å². The van der Waals surface area contributed by atoms with Crippen LogP contribution in [0.3, 0.4) is 0 Å². The van der Waals surface area contributed by atoms with E-state index in [9.17, 15) is 5.11 Å².